The number of benzene rings is 2. The number of rotatable bonds is 1. The molecule has 22 heavy (non-hydrogen) atoms. The molecule has 0 atom stereocenters. The zero-order valence-electron chi connectivity index (χ0n) is 12.2. The number of nitrogens with zero attached hydrogens (tertiary/aromatic N) is 2. The van der Waals surface area contributed by atoms with Crippen LogP contribution in [0, 0.1) is 12.3 Å². The minimum atomic E-state index is 0.933. The highest BCUT2D eigenvalue weighted by atomic mass is 14.9. The number of pyridine rings is 1. The van der Waals surface area contributed by atoms with Crippen molar-refractivity contribution in [2.45, 2.75) is 0 Å². The largest absolute Gasteiger partial charge is 0.343 e. The summed E-state index contributed by atoms with van der Waals surface area (Å²) in [5, 5.41) is 2.43. The number of aromatic nitrogens is 2. The van der Waals surface area contributed by atoms with E-state index in [1.807, 2.05) is 12.1 Å². The molecule has 0 unspecified atom stereocenters. The van der Waals surface area contributed by atoms with Crippen molar-refractivity contribution >= 4 is 21.8 Å². The molecular weight excluding hydrogens is 268 g/mol. The fourth-order valence-corrected chi connectivity index (χ4v) is 3.19. The van der Waals surface area contributed by atoms with E-state index >= 15 is 0 Å². The molecule has 4 rings (SSSR count). The molecule has 0 saturated heterocycles. The molecule has 0 amide bonds. The van der Waals surface area contributed by atoms with Gasteiger partial charge >= 0.3 is 0 Å². The van der Waals surface area contributed by atoms with E-state index in [1.54, 1.807) is 12.4 Å². The van der Waals surface area contributed by atoms with E-state index in [4.69, 9.17) is 6.42 Å². The van der Waals surface area contributed by atoms with Crippen LogP contribution in [0.1, 0.15) is 5.56 Å². The van der Waals surface area contributed by atoms with E-state index in [2.05, 4.69) is 58.9 Å². The summed E-state index contributed by atoms with van der Waals surface area (Å²) in [6, 6.07) is 16.6. The maximum Gasteiger partial charge on any atom is 0.0654 e. The predicted octanol–water partition coefficient (Wildman–Crippen LogP) is 4.37. The van der Waals surface area contributed by atoms with Gasteiger partial charge in [0.15, 0.2) is 0 Å². The Bertz CT molecular complexity index is 1030. The van der Waals surface area contributed by atoms with Crippen LogP contribution in [-0.4, -0.2) is 9.55 Å². The zero-order chi connectivity index (χ0) is 15.1. The van der Waals surface area contributed by atoms with Crippen LogP contribution in [0.4, 0.5) is 0 Å². The molecule has 2 nitrogen and oxygen atoms in total. The highest BCUT2D eigenvalue weighted by Gasteiger charge is 2.14. The highest BCUT2D eigenvalue weighted by Crippen LogP contribution is 2.35. The highest BCUT2D eigenvalue weighted by molar-refractivity contribution is 6.11. The summed E-state index contributed by atoms with van der Waals surface area (Å²) in [6.45, 7) is 0. The average Bonchev–Trinajstić information content (AvgIpc) is 2.88. The summed E-state index contributed by atoms with van der Waals surface area (Å²) in [6.07, 6.45) is 9.45. The van der Waals surface area contributed by atoms with Crippen molar-refractivity contribution < 1.29 is 0 Å². The van der Waals surface area contributed by atoms with Gasteiger partial charge in [-0.05, 0) is 29.3 Å². The molecule has 0 bridgehead atoms. The first kappa shape index (κ1) is 12.7. The minimum absolute atomic E-state index is 0.933. The zero-order valence-corrected chi connectivity index (χ0v) is 12.2. The number of para-hydroxylation sites is 1. The Balaban J connectivity index is 2.17. The van der Waals surface area contributed by atoms with Crippen LogP contribution in [0.5, 0.6) is 0 Å². The van der Waals surface area contributed by atoms with Crippen LogP contribution in [-0.2, 0) is 7.05 Å². The fourth-order valence-electron chi connectivity index (χ4n) is 3.19. The average molecular weight is 282 g/mol. The summed E-state index contributed by atoms with van der Waals surface area (Å²) in [5.41, 5.74) is 5.40. The smallest absolute Gasteiger partial charge is 0.0654 e. The van der Waals surface area contributed by atoms with Gasteiger partial charge in [0.2, 0.25) is 0 Å². The Morgan fingerprint density at radius 3 is 2.50 bits per heavy atom. The predicted molar refractivity (Wildman–Crippen MR) is 91.6 cm³/mol. The maximum absolute atomic E-state index is 5.87. The second-order valence-electron chi connectivity index (χ2n) is 5.34. The van der Waals surface area contributed by atoms with Crippen molar-refractivity contribution in [3.05, 3.63) is 66.5 Å². The molecule has 0 spiro atoms. The number of fused-ring (bicyclic) bond motifs is 3. The van der Waals surface area contributed by atoms with Gasteiger partial charge < -0.3 is 4.57 Å². The number of aryl methyl sites for hydroxylation is 1. The first-order valence-electron chi connectivity index (χ1n) is 7.18. The summed E-state index contributed by atoms with van der Waals surface area (Å²) in [7, 11) is 2.07. The SMILES string of the molecule is C#Cc1c(-c2ccncc2)ccc2c3ccccc3n(C)c12. The van der Waals surface area contributed by atoms with E-state index < -0.39 is 0 Å². The van der Waals surface area contributed by atoms with Gasteiger partial charge in [-0.2, -0.15) is 0 Å². The topological polar surface area (TPSA) is 17.8 Å². The second kappa shape index (κ2) is 4.75. The van der Waals surface area contributed by atoms with E-state index in [-0.39, 0.29) is 0 Å². The van der Waals surface area contributed by atoms with Crippen molar-refractivity contribution in [2.75, 3.05) is 0 Å². The third kappa shape index (κ3) is 1.66. The molecule has 104 valence electrons. The van der Waals surface area contributed by atoms with Crippen LogP contribution in [0.3, 0.4) is 0 Å². The quantitative estimate of drug-likeness (QED) is 0.474. The summed E-state index contributed by atoms with van der Waals surface area (Å²) >= 11 is 0. The molecule has 0 radical (unpaired) electrons. The molecule has 0 aliphatic carbocycles. The lowest BCUT2D eigenvalue weighted by Crippen LogP contribution is -1.93. The van der Waals surface area contributed by atoms with Gasteiger partial charge in [-0.25, -0.2) is 0 Å². The monoisotopic (exact) mass is 282 g/mol. The lowest BCUT2D eigenvalue weighted by molar-refractivity contribution is 1.01. The van der Waals surface area contributed by atoms with Gasteiger partial charge in [-0.1, -0.05) is 36.3 Å². The van der Waals surface area contributed by atoms with Gasteiger partial charge in [0.25, 0.3) is 0 Å². The molecule has 4 aromatic rings. The third-order valence-electron chi connectivity index (χ3n) is 4.20. The van der Waals surface area contributed by atoms with Gasteiger partial charge in [0.1, 0.15) is 0 Å². The molecule has 0 saturated carbocycles. The van der Waals surface area contributed by atoms with E-state index in [9.17, 15) is 0 Å². The molecular formula is C20H14N2. The van der Waals surface area contributed by atoms with E-state index in [0.29, 0.717) is 0 Å². The van der Waals surface area contributed by atoms with Crippen molar-refractivity contribution in [1.82, 2.24) is 9.55 Å². The Labute approximate surface area is 129 Å². The van der Waals surface area contributed by atoms with E-state index in [0.717, 1.165) is 22.2 Å². The number of hydrogen-bond donors (Lipinski definition) is 0. The van der Waals surface area contributed by atoms with Crippen LogP contribution in [0.15, 0.2) is 60.9 Å². The first-order chi connectivity index (χ1) is 10.8. The number of hydrogen-bond acceptors (Lipinski definition) is 1. The number of terminal acetylenes is 1. The van der Waals surface area contributed by atoms with Crippen molar-refractivity contribution in [2.24, 2.45) is 7.05 Å². The molecule has 0 N–H and O–H groups in total. The standard InChI is InChI=1S/C20H14N2/c1-3-15-16(14-10-12-21-13-11-14)8-9-18-17-6-4-5-7-19(17)22(2)20(15)18/h1,4-13H,2H3. The molecule has 0 fully saturated rings. The summed E-state index contributed by atoms with van der Waals surface area (Å²) in [5.74, 6) is 2.90. The molecule has 2 heteroatoms. The van der Waals surface area contributed by atoms with Crippen LogP contribution >= 0.6 is 0 Å². The van der Waals surface area contributed by atoms with Gasteiger partial charge in [0, 0.05) is 35.7 Å². The normalized spacial score (nSPS) is 10.9. The Hall–Kier alpha value is -3.05. The Morgan fingerprint density at radius 1 is 0.955 bits per heavy atom. The molecule has 0 aliphatic heterocycles. The summed E-state index contributed by atoms with van der Waals surface area (Å²) < 4.78 is 2.19. The Kier molecular flexibility index (Phi) is 2.74. The maximum atomic E-state index is 5.87. The third-order valence-corrected chi connectivity index (χ3v) is 4.20. The molecule has 2 aromatic heterocycles. The summed E-state index contributed by atoms with van der Waals surface area (Å²) in [4.78, 5) is 4.08. The van der Waals surface area contributed by atoms with E-state index in [1.165, 1.54) is 16.3 Å². The van der Waals surface area contributed by atoms with Crippen molar-refractivity contribution in [3.8, 4) is 23.5 Å². The molecule has 2 aromatic carbocycles. The minimum Gasteiger partial charge on any atom is -0.343 e. The Morgan fingerprint density at radius 2 is 1.73 bits per heavy atom. The van der Waals surface area contributed by atoms with Gasteiger partial charge in [-0.3, -0.25) is 4.98 Å². The first-order valence-corrected chi connectivity index (χ1v) is 7.18. The fraction of sp³-hybridized carbons (Fsp3) is 0.0500. The van der Waals surface area contributed by atoms with Crippen molar-refractivity contribution in [3.63, 3.8) is 0 Å². The van der Waals surface area contributed by atoms with Gasteiger partial charge in [-0.15, -0.1) is 6.42 Å². The molecule has 0 aliphatic rings. The second-order valence-corrected chi connectivity index (χ2v) is 5.34. The van der Waals surface area contributed by atoms with Crippen LogP contribution in [0.2, 0.25) is 0 Å². The van der Waals surface area contributed by atoms with Gasteiger partial charge in [0.05, 0.1) is 11.1 Å². The van der Waals surface area contributed by atoms with Crippen LogP contribution in [0.25, 0.3) is 32.9 Å². The lowest BCUT2D eigenvalue weighted by Gasteiger charge is -2.08. The van der Waals surface area contributed by atoms with Crippen LogP contribution < -0.4 is 0 Å². The molecule has 2 heterocycles. The lowest BCUT2D eigenvalue weighted by atomic mass is 9.98. The van der Waals surface area contributed by atoms with Crippen molar-refractivity contribution in [1.29, 1.82) is 0 Å².